The molecule has 13 heteroatoms. The monoisotopic (exact) mass is 529 g/mol. The number of carbonyl (C=O) groups excluding carboxylic acids is 2. The lowest BCUT2D eigenvalue weighted by Gasteiger charge is -2.33. The number of anilines is 1. The van der Waals surface area contributed by atoms with E-state index in [9.17, 15) is 18.0 Å². The van der Waals surface area contributed by atoms with Crippen LogP contribution in [-0.4, -0.2) is 96.2 Å². The molecule has 0 aromatic carbocycles. The first-order valence-electron chi connectivity index (χ1n) is 12.0. The standard InChI is InChI=1S/C22H32ClN5O6S/c1-22(5-6-22)34-21(30)26-8-3-17(4-9-26)16-33-19-14-24-18(13-25-19)28-11-10-27(15-20(28)29)35(31,32)12-2-7-23/h13-14,17H,2-12,15-16H2,1H3. The number of alkyl halides is 1. The van der Waals surface area contributed by atoms with Crippen LogP contribution in [0.1, 0.15) is 39.0 Å². The molecule has 194 valence electrons. The number of amides is 2. The number of hydrogen-bond donors (Lipinski definition) is 0. The van der Waals surface area contributed by atoms with Crippen LogP contribution in [0.2, 0.25) is 0 Å². The van der Waals surface area contributed by atoms with E-state index in [2.05, 4.69) is 9.97 Å². The van der Waals surface area contributed by atoms with E-state index in [0.717, 1.165) is 25.7 Å². The molecule has 1 aliphatic carbocycles. The van der Waals surface area contributed by atoms with E-state index in [0.29, 0.717) is 43.7 Å². The minimum absolute atomic E-state index is 0.0713. The minimum Gasteiger partial charge on any atom is -0.476 e. The summed E-state index contributed by atoms with van der Waals surface area (Å²) in [6.07, 6.45) is 6.56. The van der Waals surface area contributed by atoms with Crippen molar-refractivity contribution in [3.05, 3.63) is 12.4 Å². The fraction of sp³-hybridized carbons (Fsp3) is 0.727. The van der Waals surface area contributed by atoms with E-state index in [-0.39, 0.29) is 48.9 Å². The number of halogens is 1. The molecule has 11 nitrogen and oxygen atoms in total. The van der Waals surface area contributed by atoms with E-state index in [1.807, 2.05) is 6.92 Å². The summed E-state index contributed by atoms with van der Waals surface area (Å²) in [6.45, 7) is 3.88. The number of carbonyl (C=O) groups is 2. The van der Waals surface area contributed by atoms with Crippen LogP contribution in [-0.2, 0) is 19.6 Å². The van der Waals surface area contributed by atoms with Crippen LogP contribution < -0.4 is 9.64 Å². The number of nitrogens with zero attached hydrogens (tertiary/aromatic N) is 5. The van der Waals surface area contributed by atoms with Gasteiger partial charge >= 0.3 is 6.09 Å². The lowest BCUT2D eigenvalue weighted by molar-refractivity contribution is -0.120. The Morgan fingerprint density at radius 1 is 1.17 bits per heavy atom. The van der Waals surface area contributed by atoms with Gasteiger partial charge in [0, 0.05) is 32.1 Å². The van der Waals surface area contributed by atoms with Crippen molar-refractivity contribution in [1.82, 2.24) is 19.2 Å². The highest BCUT2D eigenvalue weighted by Crippen LogP contribution is 2.39. The van der Waals surface area contributed by atoms with Crippen molar-refractivity contribution in [1.29, 1.82) is 0 Å². The average Bonchev–Trinajstić information content (AvgIpc) is 3.58. The predicted molar refractivity (Wildman–Crippen MR) is 129 cm³/mol. The second-order valence-electron chi connectivity index (χ2n) is 9.51. The largest absolute Gasteiger partial charge is 0.476 e. The normalized spacial score (nSPS) is 21.1. The molecule has 0 radical (unpaired) electrons. The molecule has 0 bridgehead atoms. The van der Waals surface area contributed by atoms with Crippen molar-refractivity contribution in [2.24, 2.45) is 5.92 Å². The van der Waals surface area contributed by atoms with Gasteiger partial charge in [-0.3, -0.25) is 9.69 Å². The number of likely N-dealkylation sites (tertiary alicyclic amines) is 1. The molecule has 0 unspecified atom stereocenters. The number of piperidine rings is 1. The molecular formula is C22H32ClN5O6S. The summed E-state index contributed by atoms with van der Waals surface area (Å²) in [7, 11) is -3.51. The van der Waals surface area contributed by atoms with Gasteiger partial charge in [0.1, 0.15) is 5.60 Å². The van der Waals surface area contributed by atoms with Crippen LogP contribution in [0.25, 0.3) is 0 Å². The van der Waals surface area contributed by atoms with Crippen LogP contribution in [0.15, 0.2) is 12.4 Å². The number of ether oxygens (including phenoxy) is 2. The first-order valence-corrected chi connectivity index (χ1v) is 14.1. The molecule has 35 heavy (non-hydrogen) atoms. The Hall–Kier alpha value is -2.18. The van der Waals surface area contributed by atoms with E-state index < -0.39 is 10.0 Å². The quantitative estimate of drug-likeness (QED) is 0.444. The summed E-state index contributed by atoms with van der Waals surface area (Å²) < 4.78 is 37.1. The topological polar surface area (TPSA) is 122 Å². The van der Waals surface area contributed by atoms with Crippen molar-refractivity contribution in [3.8, 4) is 5.88 Å². The molecule has 2 aliphatic heterocycles. The Balaban J connectivity index is 1.21. The fourth-order valence-electron chi connectivity index (χ4n) is 4.06. The zero-order valence-electron chi connectivity index (χ0n) is 19.9. The third-order valence-electron chi connectivity index (χ3n) is 6.63. The number of sulfonamides is 1. The third-order valence-corrected chi connectivity index (χ3v) is 8.80. The van der Waals surface area contributed by atoms with Gasteiger partial charge in [-0.05, 0) is 44.9 Å². The van der Waals surface area contributed by atoms with Crippen LogP contribution in [0, 0.1) is 5.92 Å². The summed E-state index contributed by atoms with van der Waals surface area (Å²) >= 11 is 5.59. The van der Waals surface area contributed by atoms with Crippen LogP contribution >= 0.6 is 11.6 Å². The Kier molecular flexibility index (Phi) is 8.02. The van der Waals surface area contributed by atoms with Gasteiger partial charge in [0.25, 0.3) is 0 Å². The molecule has 0 atom stereocenters. The average molecular weight is 530 g/mol. The molecule has 2 saturated heterocycles. The molecule has 3 heterocycles. The van der Waals surface area contributed by atoms with Gasteiger partial charge < -0.3 is 14.4 Å². The maximum atomic E-state index is 12.6. The summed E-state index contributed by atoms with van der Waals surface area (Å²) in [5, 5.41) is 0. The van der Waals surface area contributed by atoms with Crippen LogP contribution in [0.5, 0.6) is 5.88 Å². The molecule has 1 aromatic heterocycles. The summed E-state index contributed by atoms with van der Waals surface area (Å²) in [4.78, 5) is 36.5. The smallest absolute Gasteiger partial charge is 0.410 e. The summed E-state index contributed by atoms with van der Waals surface area (Å²) in [6, 6.07) is 0. The SMILES string of the molecule is CC1(OC(=O)N2CCC(COc3cnc(N4CCN(S(=O)(=O)CCCCl)CC4=O)cn3)CC2)CC1. The van der Waals surface area contributed by atoms with Gasteiger partial charge in [-0.1, -0.05) is 0 Å². The molecule has 1 aromatic rings. The van der Waals surface area contributed by atoms with Crippen molar-refractivity contribution in [2.75, 3.05) is 55.9 Å². The van der Waals surface area contributed by atoms with Crippen molar-refractivity contribution >= 4 is 39.4 Å². The van der Waals surface area contributed by atoms with Gasteiger partial charge in [-0.2, -0.15) is 4.31 Å². The number of aromatic nitrogens is 2. The van der Waals surface area contributed by atoms with Gasteiger partial charge in [-0.25, -0.2) is 23.2 Å². The number of rotatable bonds is 9. The van der Waals surface area contributed by atoms with Gasteiger partial charge in [0.05, 0.1) is 31.3 Å². The molecule has 0 spiro atoms. The Labute approximate surface area is 210 Å². The van der Waals surface area contributed by atoms with Crippen LogP contribution in [0.3, 0.4) is 0 Å². The zero-order chi connectivity index (χ0) is 25.1. The summed E-state index contributed by atoms with van der Waals surface area (Å²) in [5.41, 5.74) is -0.262. The second-order valence-corrected chi connectivity index (χ2v) is 12.0. The molecule has 2 amide bonds. The predicted octanol–water partition coefficient (Wildman–Crippen LogP) is 1.86. The van der Waals surface area contributed by atoms with Crippen molar-refractivity contribution < 1.29 is 27.5 Å². The molecule has 1 saturated carbocycles. The number of hydrogen-bond acceptors (Lipinski definition) is 8. The summed E-state index contributed by atoms with van der Waals surface area (Å²) in [5.74, 6) is 0.841. The fourth-order valence-corrected chi connectivity index (χ4v) is 5.79. The third kappa shape index (κ3) is 6.73. The maximum Gasteiger partial charge on any atom is 0.410 e. The Bertz CT molecular complexity index is 1010. The minimum atomic E-state index is -3.51. The Morgan fingerprint density at radius 2 is 1.91 bits per heavy atom. The molecular weight excluding hydrogens is 498 g/mol. The zero-order valence-corrected chi connectivity index (χ0v) is 21.5. The lowest BCUT2D eigenvalue weighted by atomic mass is 9.98. The Morgan fingerprint density at radius 3 is 2.51 bits per heavy atom. The highest BCUT2D eigenvalue weighted by atomic mass is 35.5. The number of piperazine rings is 1. The van der Waals surface area contributed by atoms with Gasteiger partial charge in [-0.15, -0.1) is 11.6 Å². The van der Waals surface area contributed by atoms with Gasteiger partial charge in [0.15, 0.2) is 5.82 Å². The lowest BCUT2D eigenvalue weighted by Crippen LogP contribution is -2.53. The molecule has 0 N–H and O–H groups in total. The second kappa shape index (κ2) is 10.8. The highest BCUT2D eigenvalue weighted by molar-refractivity contribution is 7.89. The van der Waals surface area contributed by atoms with Gasteiger partial charge in [0.2, 0.25) is 21.8 Å². The molecule has 4 rings (SSSR count). The van der Waals surface area contributed by atoms with Crippen molar-refractivity contribution in [3.63, 3.8) is 0 Å². The molecule has 3 aliphatic rings. The first kappa shape index (κ1) is 25.9. The van der Waals surface area contributed by atoms with E-state index in [4.69, 9.17) is 21.1 Å². The maximum absolute atomic E-state index is 12.6. The van der Waals surface area contributed by atoms with E-state index in [1.165, 1.54) is 21.6 Å². The van der Waals surface area contributed by atoms with Crippen LogP contribution in [0.4, 0.5) is 10.6 Å². The highest BCUT2D eigenvalue weighted by Gasteiger charge is 2.43. The molecule has 3 fully saturated rings. The van der Waals surface area contributed by atoms with Crippen molar-refractivity contribution in [2.45, 2.75) is 44.6 Å². The van der Waals surface area contributed by atoms with E-state index in [1.54, 1.807) is 4.90 Å². The first-order chi connectivity index (χ1) is 16.7. The van der Waals surface area contributed by atoms with E-state index >= 15 is 0 Å².